The molecule has 1 aromatic rings. The van der Waals surface area contributed by atoms with E-state index in [9.17, 15) is 9.18 Å². The van der Waals surface area contributed by atoms with Crippen LogP contribution in [0.3, 0.4) is 0 Å². The predicted octanol–water partition coefficient (Wildman–Crippen LogP) is 3.54. The SMILES string of the molecule is Cc1cc(CNC2CCN(C(=O)OC(C)(C)C)C2)cc(C)c1F. The molecule has 1 aliphatic rings. The van der Waals surface area contributed by atoms with Crippen LogP contribution < -0.4 is 5.32 Å². The molecular weight excluding hydrogens is 295 g/mol. The second-order valence-electron chi connectivity index (χ2n) is 7.34. The van der Waals surface area contributed by atoms with Gasteiger partial charge in [0, 0.05) is 25.7 Å². The lowest BCUT2D eigenvalue weighted by Crippen LogP contribution is -2.38. The Balaban J connectivity index is 1.85. The minimum absolute atomic E-state index is 0.134. The van der Waals surface area contributed by atoms with Crippen molar-refractivity contribution >= 4 is 6.09 Å². The Morgan fingerprint density at radius 2 is 1.96 bits per heavy atom. The van der Waals surface area contributed by atoms with Gasteiger partial charge in [-0.15, -0.1) is 0 Å². The number of rotatable bonds is 3. The molecule has 0 spiro atoms. The highest BCUT2D eigenvalue weighted by Crippen LogP contribution is 2.17. The number of likely N-dealkylation sites (tertiary alicyclic amines) is 1. The van der Waals surface area contributed by atoms with E-state index in [1.54, 1.807) is 18.7 Å². The summed E-state index contributed by atoms with van der Waals surface area (Å²) >= 11 is 0. The summed E-state index contributed by atoms with van der Waals surface area (Å²) in [6, 6.07) is 3.99. The van der Waals surface area contributed by atoms with Crippen molar-refractivity contribution in [2.75, 3.05) is 13.1 Å². The molecule has 0 aromatic heterocycles. The van der Waals surface area contributed by atoms with Gasteiger partial charge >= 0.3 is 6.09 Å². The summed E-state index contributed by atoms with van der Waals surface area (Å²) in [5, 5.41) is 3.45. The quantitative estimate of drug-likeness (QED) is 0.925. The van der Waals surface area contributed by atoms with Crippen molar-refractivity contribution in [3.63, 3.8) is 0 Å². The topological polar surface area (TPSA) is 41.6 Å². The maximum absolute atomic E-state index is 13.6. The molecule has 1 fully saturated rings. The Hall–Kier alpha value is -1.62. The fourth-order valence-electron chi connectivity index (χ4n) is 2.82. The van der Waals surface area contributed by atoms with E-state index < -0.39 is 5.60 Å². The molecule has 128 valence electrons. The Labute approximate surface area is 138 Å². The van der Waals surface area contributed by atoms with E-state index in [0.717, 1.165) is 12.0 Å². The molecule has 1 amide bonds. The molecular formula is C18H27FN2O2. The molecule has 0 aliphatic carbocycles. The lowest BCUT2D eigenvalue weighted by Gasteiger charge is -2.24. The van der Waals surface area contributed by atoms with Crippen LogP contribution in [0.4, 0.5) is 9.18 Å². The largest absolute Gasteiger partial charge is 0.444 e. The number of carbonyl (C=O) groups excluding carboxylic acids is 1. The van der Waals surface area contributed by atoms with Gasteiger partial charge in [0.15, 0.2) is 0 Å². The zero-order valence-corrected chi connectivity index (χ0v) is 14.7. The molecule has 23 heavy (non-hydrogen) atoms. The van der Waals surface area contributed by atoms with Crippen molar-refractivity contribution in [1.82, 2.24) is 10.2 Å². The number of hydrogen-bond donors (Lipinski definition) is 1. The van der Waals surface area contributed by atoms with Gasteiger partial charge in [-0.2, -0.15) is 0 Å². The minimum Gasteiger partial charge on any atom is -0.444 e. The number of hydrogen-bond acceptors (Lipinski definition) is 3. The van der Waals surface area contributed by atoms with E-state index in [4.69, 9.17) is 4.74 Å². The van der Waals surface area contributed by atoms with Gasteiger partial charge in [0.1, 0.15) is 11.4 Å². The summed E-state index contributed by atoms with van der Waals surface area (Å²) in [6.07, 6.45) is 0.647. The number of ether oxygens (including phenoxy) is 1. The van der Waals surface area contributed by atoms with Crippen LogP contribution in [0.15, 0.2) is 12.1 Å². The van der Waals surface area contributed by atoms with Crippen LogP contribution in [0.2, 0.25) is 0 Å². The molecule has 0 radical (unpaired) electrons. The number of benzene rings is 1. The first kappa shape index (κ1) is 17.7. The second-order valence-corrected chi connectivity index (χ2v) is 7.34. The second kappa shape index (κ2) is 6.87. The fraction of sp³-hybridized carbons (Fsp3) is 0.611. The van der Waals surface area contributed by atoms with Gasteiger partial charge in [-0.25, -0.2) is 9.18 Å². The van der Waals surface area contributed by atoms with E-state index in [0.29, 0.717) is 30.8 Å². The van der Waals surface area contributed by atoms with E-state index in [2.05, 4.69) is 5.32 Å². The standard InChI is InChI=1S/C18H27FN2O2/c1-12-8-14(9-13(2)16(12)19)10-20-15-6-7-21(11-15)17(22)23-18(3,4)5/h8-9,15,20H,6-7,10-11H2,1-5H3. The van der Waals surface area contributed by atoms with Crippen LogP contribution in [-0.4, -0.2) is 35.7 Å². The monoisotopic (exact) mass is 322 g/mol. The number of carbonyl (C=O) groups is 1. The first-order valence-corrected chi connectivity index (χ1v) is 8.12. The van der Waals surface area contributed by atoms with Gasteiger partial charge in [-0.05, 0) is 57.7 Å². The molecule has 2 rings (SSSR count). The Kier molecular flexibility index (Phi) is 5.30. The third-order valence-electron chi connectivity index (χ3n) is 3.93. The summed E-state index contributed by atoms with van der Waals surface area (Å²) in [5.74, 6) is -0.134. The van der Waals surface area contributed by atoms with E-state index in [-0.39, 0.29) is 18.0 Å². The summed E-state index contributed by atoms with van der Waals surface area (Å²) < 4.78 is 19.0. The number of halogens is 1. The zero-order chi connectivity index (χ0) is 17.2. The third-order valence-corrected chi connectivity index (χ3v) is 3.93. The van der Waals surface area contributed by atoms with Crippen molar-refractivity contribution in [3.8, 4) is 0 Å². The molecule has 1 unspecified atom stereocenters. The average Bonchev–Trinajstić information content (AvgIpc) is 2.89. The van der Waals surface area contributed by atoms with E-state index >= 15 is 0 Å². The molecule has 0 bridgehead atoms. The van der Waals surface area contributed by atoms with Gasteiger partial charge in [0.05, 0.1) is 0 Å². The van der Waals surface area contributed by atoms with Gasteiger partial charge < -0.3 is 15.0 Å². The number of nitrogens with zero attached hydrogens (tertiary/aromatic N) is 1. The third kappa shape index (κ3) is 4.93. The highest BCUT2D eigenvalue weighted by molar-refractivity contribution is 5.68. The molecule has 4 nitrogen and oxygen atoms in total. The molecule has 0 saturated carbocycles. The van der Waals surface area contributed by atoms with Gasteiger partial charge in [0.2, 0.25) is 0 Å². The average molecular weight is 322 g/mol. The van der Waals surface area contributed by atoms with Crippen molar-refractivity contribution in [2.24, 2.45) is 0 Å². The molecule has 1 saturated heterocycles. The van der Waals surface area contributed by atoms with Gasteiger partial charge in [-0.3, -0.25) is 0 Å². The van der Waals surface area contributed by atoms with Crippen LogP contribution >= 0.6 is 0 Å². The van der Waals surface area contributed by atoms with Crippen LogP contribution in [0, 0.1) is 19.7 Å². The Morgan fingerprint density at radius 1 is 1.35 bits per heavy atom. The highest BCUT2D eigenvalue weighted by atomic mass is 19.1. The minimum atomic E-state index is -0.467. The fourth-order valence-corrected chi connectivity index (χ4v) is 2.82. The van der Waals surface area contributed by atoms with Gasteiger partial charge in [0.25, 0.3) is 0 Å². The molecule has 1 aromatic carbocycles. The smallest absolute Gasteiger partial charge is 0.410 e. The van der Waals surface area contributed by atoms with Crippen molar-refractivity contribution in [1.29, 1.82) is 0 Å². The number of amides is 1. The number of nitrogens with one attached hydrogen (secondary N) is 1. The van der Waals surface area contributed by atoms with Crippen molar-refractivity contribution < 1.29 is 13.9 Å². The maximum Gasteiger partial charge on any atom is 0.410 e. The lowest BCUT2D eigenvalue weighted by molar-refractivity contribution is 0.0291. The molecule has 1 aliphatic heterocycles. The zero-order valence-electron chi connectivity index (χ0n) is 14.7. The van der Waals surface area contributed by atoms with Crippen molar-refractivity contribution in [3.05, 3.63) is 34.6 Å². The predicted molar refractivity (Wildman–Crippen MR) is 88.9 cm³/mol. The maximum atomic E-state index is 13.6. The highest BCUT2D eigenvalue weighted by Gasteiger charge is 2.29. The van der Waals surface area contributed by atoms with Crippen LogP contribution in [0.5, 0.6) is 0 Å². The Bertz CT molecular complexity index is 558. The molecule has 1 atom stereocenters. The normalized spacial score (nSPS) is 18.3. The summed E-state index contributed by atoms with van der Waals surface area (Å²) in [5.41, 5.74) is 1.94. The van der Waals surface area contributed by atoms with Crippen molar-refractivity contribution in [2.45, 2.75) is 59.2 Å². The first-order valence-electron chi connectivity index (χ1n) is 8.12. The van der Waals surface area contributed by atoms with E-state index in [1.807, 2.05) is 32.9 Å². The summed E-state index contributed by atoms with van der Waals surface area (Å²) in [7, 11) is 0. The van der Waals surface area contributed by atoms with Crippen LogP contribution in [-0.2, 0) is 11.3 Å². The number of aryl methyl sites for hydroxylation is 2. The summed E-state index contributed by atoms with van der Waals surface area (Å²) in [6.45, 7) is 11.2. The van der Waals surface area contributed by atoms with E-state index in [1.165, 1.54) is 0 Å². The summed E-state index contributed by atoms with van der Waals surface area (Å²) in [4.78, 5) is 13.8. The van der Waals surface area contributed by atoms with Crippen LogP contribution in [0.1, 0.15) is 43.9 Å². The Morgan fingerprint density at radius 3 is 2.52 bits per heavy atom. The van der Waals surface area contributed by atoms with Crippen LogP contribution in [0.25, 0.3) is 0 Å². The molecule has 1 N–H and O–H groups in total. The molecule has 5 heteroatoms. The van der Waals surface area contributed by atoms with Gasteiger partial charge in [-0.1, -0.05) is 12.1 Å². The first-order chi connectivity index (χ1) is 10.7. The lowest BCUT2D eigenvalue weighted by atomic mass is 10.1. The molecule has 1 heterocycles.